The molecular weight excluding hydrogens is 190 g/mol. The fraction of sp³-hybridized carbons (Fsp3) is 0.167. The summed E-state index contributed by atoms with van der Waals surface area (Å²) in [5.41, 5.74) is 1.41. The molecule has 0 atom stereocenters. The summed E-state index contributed by atoms with van der Waals surface area (Å²) in [5.74, 6) is -0.394. The Kier molecular flexibility index (Phi) is 2.37. The summed E-state index contributed by atoms with van der Waals surface area (Å²) in [6, 6.07) is 7.75. The minimum atomic E-state index is -0.394. The first kappa shape index (κ1) is 9.65. The van der Waals surface area contributed by atoms with Crippen LogP contribution in [0.15, 0.2) is 30.5 Å². The van der Waals surface area contributed by atoms with Crippen LogP contribution in [0.25, 0.3) is 10.8 Å². The lowest BCUT2D eigenvalue weighted by molar-refractivity contribution is 0.0596. The van der Waals surface area contributed by atoms with Gasteiger partial charge in [-0.2, -0.15) is 0 Å². The van der Waals surface area contributed by atoms with Crippen LogP contribution in [0.2, 0.25) is 0 Å². The number of pyridine rings is 1. The quantitative estimate of drug-likeness (QED) is 0.665. The molecule has 0 aliphatic rings. The van der Waals surface area contributed by atoms with E-state index < -0.39 is 5.97 Å². The highest BCUT2D eigenvalue weighted by Gasteiger charge is 2.12. The lowest BCUT2D eigenvalue weighted by Crippen LogP contribution is -2.05. The summed E-state index contributed by atoms with van der Waals surface area (Å²) in [7, 11) is 1.36. The third-order valence-electron chi connectivity index (χ3n) is 2.38. The molecule has 1 aromatic heterocycles. The Morgan fingerprint density at radius 1 is 1.33 bits per heavy atom. The van der Waals surface area contributed by atoms with Crippen molar-refractivity contribution in [2.45, 2.75) is 6.92 Å². The van der Waals surface area contributed by atoms with Crippen LogP contribution >= 0.6 is 0 Å². The van der Waals surface area contributed by atoms with Crippen LogP contribution in [-0.4, -0.2) is 18.1 Å². The van der Waals surface area contributed by atoms with Gasteiger partial charge in [0.15, 0.2) is 5.69 Å². The van der Waals surface area contributed by atoms with Crippen molar-refractivity contribution < 1.29 is 9.53 Å². The number of hydrogen-bond donors (Lipinski definition) is 0. The summed E-state index contributed by atoms with van der Waals surface area (Å²) in [6.45, 7) is 1.95. The zero-order chi connectivity index (χ0) is 10.8. The molecule has 3 heteroatoms. The third-order valence-corrected chi connectivity index (χ3v) is 2.38. The molecule has 0 N–H and O–H groups in total. The van der Waals surface area contributed by atoms with Crippen molar-refractivity contribution in [3.8, 4) is 0 Å². The number of nitrogens with zero attached hydrogens (tertiary/aromatic N) is 1. The van der Waals surface area contributed by atoms with E-state index in [4.69, 9.17) is 4.74 Å². The van der Waals surface area contributed by atoms with Crippen molar-refractivity contribution in [3.63, 3.8) is 0 Å². The lowest BCUT2D eigenvalue weighted by Gasteiger charge is -2.05. The summed E-state index contributed by atoms with van der Waals surface area (Å²) in [6.07, 6.45) is 1.62. The minimum absolute atomic E-state index is 0.383. The Balaban J connectivity index is 2.80. The van der Waals surface area contributed by atoms with E-state index in [9.17, 15) is 4.79 Å². The Morgan fingerprint density at radius 3 is 2.87 bits per heavy atom. The maximum absolute atomic E-state index is 11.5. The number of rotatable bonds is 1. The van der Waals surface area contributed by atoms with Gasteiger partial charge >= 0.3 is 5.97 Å². The van der Waals surface area contributed by atoms with Crippen LogP contribution < -0.4 is 0 Å². The predicted molar refractivity (Wildman–Crippen MR) is 57.8 cm³/mol. The first-order valence-corrected chi connectivity index (χ1v) is 4.66. The van der Waals surface area contributed by atoms with Crippen molar-refractivity contribution in [2.75, 3.05) is 7.11 Å². The highest BCUT2D eigenvalue weighted by Crippen LogP contribution is 2.21. The van der Waals surface area contributed by atoms with Gasteiger partial charge in [-0.15, -0.1) is 0 Å². The molecule has 1 aromatic carbocycles. The number of methoxy groups -OCH3 is 1. The summed E-state index contributed by atoms with van der Waals surface area (Å²) >= 11 is 0. The van der Waals surface area contributed by atoms with Crippen molar-refractivity contribution in [3.05, 3.63) is 41.7 Å². The van der Waals surface area contributed by atoms with E-state index in [2.05, 4.69) is 4.98 Å². The van der Waals surface area contributed by atoms with Crippen LogP contribution in [0.5, 0.6) is 0 Å². The molecule has 0 aliphatic heterocycles. The average Bonchev–Trinajstić information content (AvgIpc) is 2.28. The number of esters is 1. The van der Waals surface area contributed by atoms with Gasteiger partial charge in [-0.3, -0.25) is 0 Å². The van der Waals surface area contributed by atoms with E-state index in [1.165, 1.54) is 7.11 Å². The fourth-order valence-electron chi connectivity index (χ4n) is 1.66. The summed E-state index contributed by atoms with van der Waals surface area (Å²) in [5, 5.41) is 1.87. The van der Waals surface area contributed by atoms with Gasteiger partial charge in [-0.05, 0) is 23.9 Å². The molecule has 0 saturated heterocycles. The number of fused-ring (bicyclic) bond motifs is 1. The number of aryl methyl sites for hydroxylation is 1. The molecule has 3 nitrogen and oxygen atoms in total. The lowest BCUT2D eigenvalue weighted by atomic mass is 10.0. The van der Waals surface area contributed by atoms with Crippen LogP contribution in [0.1, 0.15) is 16.1 Å². The van der Waals surface area contributed by atoms with E-state index in [-0.39, 0.29) is 0 Å². The van der Waals surface area contributed by atoms with Gasteiger partial charge < -0.3 is 4.74 Å². The smallest absolute Gasteiger partial charge is 0.357 e. The number of carbonyl (C=O) groups is 1. The largest absolute Gasteiger partial charge is 0.464 e. The van der Waals surface area contributed by atoms with Gasteiger partial charge in [0, 0.05) is 11.6 Å². The average molecular weight is 201 g/mol. The second-order valence-corrected chi connectivity index (χ2v) is 3.32. The van der Waals surface area contributed by atoms with Crippen LogP contribution in [0, 0.1) is 6.92 Å². The number of benzene rings is 1. The van der Waals surface area contributed by atoms with E-state index in [1.54, 1.807) is 6.20 Å². The third kappa shape index (κ3) is 1.56. The molecule has 0 spiro atoms. The number of carbonyl (C=O) groups excluding carboxylic acids is 1. The maximum atomic E-state index is 11.5. The van der Waals surface area contributed by atoms with E-state index in [0.717, 1.165) is 16.3 Å². The first-order chi connectivity index (χ1) is 7.24. The van der Waals surface area contributed by atoms with E-state index >= 15 is 0 Å². The van der Waals surface area contributed by atoms with Gasteiger partial charge in [0.25, 0.3) is 0 Å². The topological polar surface area (TPSA) is 39.2 Å². The monoisotopic (exact) mass is 201 g/mol. The molecule has 0 fully saturated rings. The normalized spacial score (nSPS) is 10.3. The van der Waals surface area contributed by atoms with Crippen molar-refractivity contribution in [2.24, 2.45) is 0 Å². The maximum Gasteiger partial charge on any atom is 0.357 e. The Morgan fingerprint density at radius 2 is 2.13 bits per heavy atom. The Labute approximate surface area is 87.7 Å². The molecule has 76 valence electrons. The van der Waals surface area contributed by atoms with E-state index in [1.807, 2.05) is 31.2 Å². The van der Waals surface area contributed by atoms with Crippen LogP contribution in [0.4, 0.5) is 0 Å². The van der Waals surface area contributed by atoms with Crippen LogP contribution in [-0.2, 0) is 4.74 Å². The van der Waals surface area contributed by atoms with Crippen molar-refractivity contribution in [1.29, 1.82) is 0 Å². The number of ether oxygens (including phenoxy) is 1. The fourth-order valence-corrected chi connectivity index (χ4v) is 1.66. The number of hydrogen-bond acceptors (Lipinski definition) is 3. The SMILES string of the molecule is COC(=O)c1nccc2cccc(C)c12. The molecule has 15 heavy (non-hydrogen) atoms. The standard InChI is InChI=1S/C12H11NO2/c1-8-4-3-5-9-6-7-13-11(10(8)9)12(14)15-2/h3-7H,1-2H3. The molecule has 0 bridgehead atoms. The van der Waals surface area contributed by atoms with E-state index in [0.29, 0.717) is 5.69 Å². The molecule has 0 radical (unpaired) electrons. The zero-order valence-corrected chi connectivity index (χ0v) is 8.65. The van der Waals surface area contributed by atoms with Gasteiger partial charge in [0.05, 0.1) is 7.11 Å². The van der Waals surface area contributed by atoms with Crippen molar-refractivity contribution in [1.82, 2.24) is 4.98 Å². The Hall–Kier alpha value is -1.90. The first-order valence-electron chi connectivity index (χ1n) is 4.66. The van der Waals surface area contributed by atoms with Gasteiger partial charge in [0.1, 0.15) is 0 Å². The number of aromatic nitrogens is 1. The summed E-state index contributed by atoms with van der Waals surface area (Å²) < 4.78 is 4.70. The Bertz CT molecular complexity index is 515. The molecular formula is C12H11NO2. The highest BCUT2D eigenvalue weighted by atomic mass is 16.5. The predicted octanol–water partition coefficient (Wildman–Crippen LogP) is 2.33. The second-order valence-electron chi connectivity index (χ2n) is 3.32. The van der Waals surface area contributed by atoms with Crippen LogP contribution in [0.3, 0.4) is 0 Å². The minimum Gasteiger partial charge on any atom is -0.464 e. The van der Waals surface area contributed by atoms with Gasteiger partial charge in [0.2, 0.25) is 0 Å². The molecule has 0 aliphatic carbocycles. The molecule has 0 unspecified atom stereocenters. The molecule has 0 amide bonds. The second kappa shape index (κ2) is 3.69. The summed E-state index contributed by atoms with van der Waals surface area (Å²) in [4.78, 5) is 15.6. The highest BCUT2D eigenvalue weighted by molar-refractivity contribution is 6.03. The molecule has 2 rings (SSSR count). The molecule has 2 aromatic rings. The van der Waals surface area contributed by atoms with Crippen molar-refractivity contribution >= 4 is 16.7 Å². The van der Waals surface area contributed by atoms with Gasteiger partial charge in [-0.25, -0.2) is 9.78 Å². The molecule has 0 saturated carbocycles. The zero-order valence-electron chi connectivity index (χ0n) is 8.65. The molecule has 1 heterocycles. The van der Waals surface area contributed by atoms with Gasteiger partial charge in [-0.1, -0.05) is 18.2 Å².